The fourth-order valence-corrected chi connectivity index (χ4v) is 1.97. The Kier molecular flexibility index (Phi) is 3.76. The fraction of sp³-hybridized carbons (Fsp3) is 0.154. The number of carbonyl (C=O) groups excluding carboxylic acids is 1. The van der Waals surface area contributed by atoms with Crippen molar-refractivity contribution in [3.63, 3.8) is 0 Å². The van der Waals surface area contributed by atoms with Gasteiger partial charge in [0.15, 0.2) is 12.0 Å². The van der Waals surface area contributed by atoms with Crippen molar-refractivity contribution in [2.75, 3.05) is 0 Å². The normalized spacial score (nSPS) is 19.8. The van der Waals surface area contributed by atoms with Crippen LogP contribution in [-0.4, -0.2) is 11.9 Å². The van der Waals surface area contributed by atoms with Crippen LogP contribution in [0.15, 0.2) is 41.8 Å². The van der Waals surface area contributed by atoms with Gasteiger partial charge in [-0.3, -0.25) is 4.79 Å². The van der Waals surface area contributed by atoms with Gasteiger partial charge in [-0.25, -0.2) is 0 Å². The van der Waals surface area contributed by atoms with E-state index in [1.54, 1.807) is 0 Å². The van der Waals surface area contributed by atoms with Crippen molar-refractivity contribution in [3.05, 3.63) is 52.9 Å². The Morgan fingerprint density at radius 3 is 2.65 bits per heavy atom. The molecule has 1 aliphatic heterocycles. The van der Waals surface area contributed by atoms with Gasteiger partial charge in [-0.15, -0.1) is 0 Å². The van der Waals surface area contributed by atoms with Gasteiger partial charge in [0, 0.05) is 5.54 Å². The molecule has 0 spiro atoms. The Morgan fingerprint density at radius 2 is 2.05 bits per heavy atom. The quantitative estimate of drug-likeness (QED) is 0.913. The van der Waals surface area contributed by atoms with E-state index in [0.717, 1.165) is 17.7 Å². The van der Waals surface area contributed by atoms with Crippen molar-refractivity contribution in [3.8, 4) is 0 Å². The Hall–Kier alpha value is -1.95. The number of carbonyl (C=O) groups is 1. The molecule has 0 aliphatic carbocycles. The van der Waals surface area contributed by atoms with Crippen LogP contribution in [0.1, 0.15) is 11.1 Å². The number of hydrogen-bond donors (Lipinski definition) is 1. The van der Waals surface area contributed by atoms with Gasteiger partial charge in [0.25, 0.3) is 0 Å². The number of Topliss-reactive ketones (excluding diaryl/α,β-unsaturated/α-hetero) is 1. The average molecular weight is 304 g/mol. The maximum absolute atomic E-state index is 12.7. The summed E-state index contributed by atoms with van der Waals surface area (Å²) < 4.78 is 43.0. The maximum Gasteiger partial charge on any atom is 0.416 e. The summed E-state index contributed by atoms with van der Waals surface area (Å²) in [6, 6.07) is 4.34. The Balaban J connectivity index is 2.42. The molecule has 1 aromatic carbocycles. The molecule has 1 atom stereocenters. The fourth-order valence-electron chi connectivity index (χ4n) is 1.84. The summed E-state index contributed by atoms with van der Waals surface area (Å²) in [4.78, 5) is 12.0. The zero-order chi connectivity index (χ0) is 14.9. The number of nitrogens with two attached hydrogens (primary N) is 1. The maximum atomic E-state index is 12.7. The van der Waals surface area contributed by atoms with E-state index in [2.05, 4.69) is 0 Å². The number of ether oxygens (including phenoxy) is 1. The molecule has 1 unspecified atom stereocenters. The summed E-state index contributed by atoms with van der Waals surface area (Å²) in [5, 5.41) is 0. The van der Waals surface area contributed by atoms with Crippen molar-refractivity contribution >= 4 is 23.0 Å². The van der Waals surface area contributed by atoms with Gasteiger partial charge in [0.1, 0.15) is 0 Å². The summed E-state index contributed by atoms with van der Waals surface area (Å²) >= 11 is 5.35. The lowest BCUT2D eigenvalue weighted by Crippen LogP contribution is -2.15. The van der Waals surface area contributed by atoms with E-state index in [1.165, 1.54) is 18.2 Å². The summed E-state index contributed by atoms with van der Waals surface area (Å²) in [5.41, 5.74) is 5.78. The van der Waals surface area contributed by atoms with E-state index in [0.29, 0.717) is 0 Å². The molecule has 0 saturated carbocycles. The smallest absolute Gasteiger partial charge is 0.416 e. The van der Waals surface area contributed by atoms with Crippen LogP contribution in [0, 0.1) is 0 Å². The third kappa shape index (κ3) is 2.65. The molecule has 1 heterocycles. The number of ketones is 1. The van der Waals surface area contributed by atoms with Gasteiger partial charge in [-0.2, -0.15) is 13.2 Å². The van der Waals surface area contributed by atoms with E-state index in [4.69, 9.17) is 22.1 Å². The second-order valence-electron chi connectivity index (χ2n) is 4.04. The number of rotatable bonds is 2. The molecule has 1 aliphatic rings. The standard InChI is InChI=1S/C13H9ClF3NO2/c14-5-4-9-11(19)10(12(18)20-9)7-2-1-3-8(6-7)13(15,16)17/h1-6,9H,18H2/b5-4+. The van der Waals surface area contributed by atoms with Crippen LogP contribution in [0.25, 0.3) is 5.57 Å². The van der Waals surface area contributed by atoms with E-state index < -0.39 is 23.6 Å². The highest BCUT2D eigenvalue weighted by atomic mass is 35.5. The van der Waals surface area contributed by atoms with Gasteiger partial charge in [-0.05, 0) is 23.8 Å². The van der Waals surface area contributed by atoms with E-state index >= 15 is 0 Å². The molecule has 106 valence electrons. The Bertz CT molecular complexity index is 608. The van der Waals surface area contributed by atoms with Gasteiger partial charge in [0.05, 0.1) is 11.1 Å². The molecule has 0 saturated heterocycles. The van der Waals surface area contributed by atoms with Crippen molar-refractivity contribution in [1.29, 1.82) is 0 Å². The molecular formula is C13H9ClF3NO2. The molecular weight excluding hydrogens is 295 g/mol. The average Bonchev–Trinajstić information content (AvgIpc) is 2.64. The molecule has 20 heavy (non-hydrogen) atoms. The first-order valence-electron chi connectivity index (χ1n) is 5.49. The molecule has 0 radical (unpaired) electrons. The van der Waals surface area contributed by atoms with Gasteiger partial charge < -0.3 is 10.5 Å². The monoisotopic (exact) mass is 303 g/mol. The molecule has 0 amide bonds. The van der Waals surface area contributed by atoms with Crippen LogP contribution in [0.5, 0.6) is 0 Å². The minimum Gasteiger partial charge on any atom is -0.463 e. The molecule has 0 aromatic heterocycles. The molecule has 0 fully saturated rings. The highest BCUT2D eigenvalue weighted by molar-refractivity contribution is 6.28. The number of benzene rings is 1. The van der Waals surface area contributed by atoms with E-state index in [9.17, 15) is 18.0 Å². The van der Waals surface area contributed by atoms with Gasteiger partial charge in [0.2, 0.25) is 5.78 Å². The summed E-state index contributed by atoms with van der Waals surface area (Å²) in [6.45, 7) is 0. The predicted molar refractivity (Wildman–Crippen MR) is 67.4 cm³/mol. The van der Waals surface area contributed by atoms with Crippen molar-refractivity contribution in [1.82, 2.24) is 0 Å². The predicted octanol–water partition coefficient (Wildman–Crippen LogP) is 3.05. The molecule has 0 bridgehead atoms. The lowest BCUT2D eigenvalue weighted by molar-refractivity contribution is -0.137. The zero-order valence-corrected chi connectivity index (χ0v) is 10.7. The topological polar surface area (TPSA) is 52.3 Å². The molecule has 2 N–H and O–H groups in total. The van der Waals surface area contributed by atoms with Crippen LogP contribution >= 0.6 is 11.6 Å². The van der Waals surface area contributed by atoms with Crippen LogP contribution in [0.3, 0.4) is 0 Å². The lowest BCUT2D eigenvalue weighted by atomic mass is 9.98. The second kappa shape index (κ2) is 5.20. The Labute approximate surface area is 117 Å². The molecule has 3 nitrogen and oxygen atoms in total. The van der Waals surface area contributed by atoms with E-state index in [1.807, 2.05) is 0 Å². The number of alkyl halides is 3. The van der Waals surface area contributed by atoms with Gasteiger partial charge >= 0.3 is 6.18 Å². The summed E-state index contributed by atoms with van der Waals surface area (Å²) in [7, 11) is 0. The highest BCUT2D eigenvalue weighted by Crippen LogP contribution is 2.33. The SMILES string of the molecule is NC1=C(c2cccc(C(F)(F)F)c2)C(=O)C(/C=C/Cl)O1. The second-order valence-corrected chi connectivity index (χ2v) is 4.29. The third-order valence-corrected chi connectivity index (χ3v) is 2.88. The number of hydrogen-bond acceptors (Lipinski definition) is 3. The van der Waals surface area contributed by atoms with Crippen LogP contribution in [-0.2, 0) is 15.7 Å². The van der Waals surface area contributed by atoms with Gasteiger partial charge in [-0.1, -0.05) is 23.7 Å². The first-order chi connectivity index (χ1) is 9.34. The van der Waals surface area contributed by atoms with Crippen molar-refractivity contribution in [2.24, 2.45) is 5.73 Å². The molecule has 2 rings (SSSR count). The minimum absolute atomic E-state index is 0.0628. The van der Waals surface area contributed by atoms with Crippen LogP contribution in [0.2, 0.25) is 0 Å². The van der Waals surface area contributed by atoms with Crippen LogP contribution in [0.4, 0.5) is 13.2 Å². The zero-order valence-electron chi connectivity index (χ0n) is 9.95. The minimum atomic E-state index is -4.50. The first kappa shape index (κ1) is 14.5. The summed E-state index contributed by atoms with van der Waals surface area (Å²) in [5.74, 6) is -0.743. The third-order valence-electron chi connectivity index (χ3n) is 2.73. The summed E-state index contributed by atoms with van der Waals surface area (Å²) in [6.07, 6.45) is -4.24. The molecule has 7 heteroatoms. The van der Waals surface area contributed by atoms with Crippen molar-refractivity contribution in [2.45, 2.75) is 12.3 Å². The lowest BCUT2D eigenvalue weighted by Gasteiger charge is -2.08. The molecule has 1 aromatic rings. The number of halogens is 4. The highest BCUT2D eigenvalue weighted by Gasteiger charge is 2.35. The first-order valence-corrected chi connectivity index (χ1v) is 5.93. The van der Waals surface area contributed by atoms with Crippen LogP contribution < -0.4 is 5.73 Å². The van der Waals surface area contributed by atoms with E-state index in [-0.39, 0.29) is 17.0 Å². The Morgan fingerprint density at radius 1 is 1.35 bits per heavy atom. The largest absolute Gasteiger partial charge is 0.463 e. The van der Waals surface area contributed by atoms with Crippen molar-refractivity contribution < 1.29 is 22.7 Å².